The summed E-state index contributed by atoms with van der Waals surface area (Å²) < 4.78 is 10.8. The van der Waals surface area contributed by atoms with Crippen molar-refractivity contribution >= 4 is 11.9 Å². The van der Waals surface area contributed by atoms with E-state index in [1.54, 1.807) is 26.0 Å². The van der Waals surface area contributed by atoms with Crippen LogP contribution >= 0.6 is 0 Å². The molecule has 1 aromatic rings. The summed E-state index contributed by atoms with van der Waals surface area (Å²) in [5.41, 5.74) is 0.319. The number of amides is 1. The third kappa shape index (κ3) is 4.65. The summed E-state index contributed by atoms with van der Waals surface area (Å²) in [4.78, 5) is 23.3. The Hall–Kier alpha value is -2.24. The number of benzene rings is 1. The molecule has 0 aliphatic carbocycles. The highest BCUT2D eigenvalue weighted by molar-refractivity contribution is 5.97. The summed E-state index contributed by atoms with van der Waals surface area (Å²) >= 11 is 0. The molecule has 0 radical (unpaired) electrons. The average molecular weight is 309 g/mol. The Morgan fingerprint density at radius 2 is 1.77 bits per heavy atom. The third-order valence-corrected chi connectivity index (χ3v) is 3.01. The average Bonchev–Trinajstić information content (AvgIpc) is 2.43. The number of carbonyl (C=O) groups is 2. The summed E-state index contributed by atoms with van der Waals surface area (Å²) in [5.74, 6) is -0.775. The molecule has 0 saturated carbocycles. The van der Waals surface area contributed by atoms with Crippen LogP contribution in [0.15, 0.2) is 18.2 Å². The van der Waals surface area contributed by atoms with Crippen molar-refractivity contribution in [1.29, 1.82) is 0 Å². The molecular weight excluding hydrogens is 286 g/mol. The van der Waals surface area contributed by atoms with Crippen molar-refractivity contribution in [1.82, 2.24) is 5.32 Å². The van der Waals surface area contributed by atoms with Gasteiger partial charge in [0.2, 0.25) is 0 Å². The standard InChI is InChI=1S/C16H23NO5/c1-9(2)14(16(19)20)17-15(18)11-6-7-12(22-10(3)4)13(8-11)21-5/h6-10,14H,1-5H3,(H,17,18)(H,19,20)/t14-/m0/s1. The van der Waals surface area contributed by atoms with Crippen molar-refractivity contribution in [3.8, 4) is 11.5 Å². The van der Waals surface area contributed by atoms with E-state index in [1.807, 2.05) is 13.8 Å². The van der Waals surface area contributed by atoms with Gasteiger partial charge in [-0.15, -0.1) is 0 Å². The van der Waals surface area contributed by atoms with Crippen molar-refractivity contribution in [2.75, 3.05) is 7.11 Å². The minimum Gasteiger partial charge on any atom is -0.493 e. The molecule has 1 aromatic carbocycles. The van der Waals surface area contributed by atoms with E-state index in [1.165, 1.54) is 13.2 Å². The van der Waals surface area contributed by atoms with Gasteiger partial charge >= 0.3 is 5.97 Å². The topological polar surface area (TPSA) is 84.9 Å². The van der Waals surface area contributed by atoms with Gasteiger partial charge in [0.15, 0.2) is 11.5 Å². The molecule has 0 aliphatic heterocycles. The highest BCUT2D eigenvalue weighted by Gasteiger charge is 2.24. The summed E-state index contributed by atoms with van der Waals surface area (Å²) in [6.45, 7) is 7.25. The molecule has 6 nitrogen and oxygen atoms in total. The smallest absolute Gasteiger partial charge is 0.326 e. The quantitative estimate of drug-likeness (QED) is 0.807. The van der Waals surface area contributed by atoms with Crippen LogP contribution in [-0.4, -0.2) is 36.2 Å². The number of aliphatic carboxylic acids is 1. The van der Waals surface area contributed by atoms with E-state index in [0.717, 1.165) is 0 Å². The van der Waals surface area contributed by atoms with E-state index in [9.17, 15) is 9.59 Å². The minimum absolute atomic E-state index is 0.0223. The van der Waals surface area contributed by atoms with Gasteiger partial charge in [0.05, 0.1) is 13.2 Å². The summed E-state index contributed by atoms with van der Waals surface area (Å²) in [6, 6.07) is 3.81. The number of carboxylic acids is 1. The third-order valence-electron chi connectivity index (χ3n) is 3.01. The zero-order valence-corrected chi connectivity index (χ0v) is 13.5. The van der Waals surface area contributed by atoms with Crippen LogP contribution in [0.2, 0.25) is 0 Å². The lowest BCUT2D eigenvalue weighted by Gasteiger charge is -2.19. The van der Waals surface area contributed by atoms with Crippen LogP contribution in [0.4, 0.5) is 0 Å². The number of rotatable bonds is 7. The Bertz CT molecular complexity index is 539. The molecule has 0 bridgehead atoms. The van der Waals surface area contributed by atoms with E-state index in [0.29, 0.717) is 17.1 Å². The van der Waals surface area contributed by atoms with Gasteiger partial charge in [-0.2, -0.15) is 0 Å². The summed E-state index contributed by atoms with van der Waals surface area (Å²) in [5, 5.41) is 11.6. The number of hydrogen-bond donors (Lipinski definition) is 2. The van der Waals surface area contributed by atoms with E-state index in [4.69, 9.17) is 14.6 Å². The second-order valence-electron chi connectivity index (χ2n) is 5.57. The largest absolute Gasteiger partial charge is 0.493 e. The second-order valence-corrected chi connectivity index (χ2v) is 5.57. The van der Waals surface area contributed by atoms with E-state index in [-0.39, 0.29) is 12.0 Å². The van der Waals surface area contributed by atoms with Gasteiger partial charge in [0.25, 0.3) is 5.91 Å². The maximum atomic E-state index is 12.2. The predicted octanol–water partition coefficient (Wildman–Crippen LogP) is 2.32. The summed E-state index contributed by atoms with van der Waals surface area (Å²) in [7, 11) is 1.48. The highest BCUT2D eigenvalue weighted by Crippen LogP contribution is 2.29. The number of hydrogen-bond acceptors (Lipinski definition) is 4. The first kappa shape index (κ1) is 17.8. The van der Waals surface area contributed by atoms with Crippen LogP contribution in [0.3, 0.4) is 0 Å². The first-order chi connectivity index (χ1) is 10.3. The Morgan fingerprint density at radius 3 is 2.23 bits per heavy atom. The lowest BCUT2D eigenvalue weighted by atomic mass is 10.0. The number of methoxy groups -OCH3 is 1. The van der Waals surface area contributed by atoms with E-state index >= 15 is 0 Å². The molecule has 0 saturated heterocycles. The molecule has 0 heterocycles. The molecular formula is C16H23NO5. The molecule has 122 valence electrons. The highest BCUT2D eigenvalue weighted by atomic mass is 16.5. The van der Waals surface area contributed by atoms with Gasteiger partial charge in [-0.25, -0.2) is 4.79 Å². The van der Waals surface area contributed by atoms with Gasteiger partial charge in [-0.3, -0.25) is 4.79 Å². The molecule has 1 rings (SSSR count). The van der Waals surface area contributed by atoms with E-state index < -0.39 is 17.9 Å². The van der Waals surface area contributed by atoms with Crippen molar-refractivity contribution in [3.63, 3.8) is 0 Å². The lowest BCUT2D eigenvalue weighted by Crippen LogP contribution is -2.44. The molecule has 6 heteroatoms. The van der Waals surface area contributed by atoms with Crippen LogP contribution in [0.25, 0.3) is 0 Å². The van der Waals surface area contributed by atoms with Crippen LogP contribution in [0.5, 0.6) is 11.5 Å². The maximum Gasteiger partial charge on any atom is 0.326 e. The van der Waals surface area contributed by atoms with Crippen LogP contribution < -0.4 is 14.8 Å². The normalized spacial score (nSPS) is 12.1. The molecule has 2 N–H and O–H groups in total. The first-order valence-corrected chi connectivity index (χ1v) is 7.14. The van der Waals surface area contributed by atoms with Crippen molar-refractivity contribution < 1.29 is 24.2 Å². The zero-order chi connectivity index (χ0) is 16.9. The van der Waals surface area contributed by atoms with Gasteiger partial charge in [-0.05, 0) is 38.0 Å². The number of carboxylic acid groups (broad SMARTS) is 1. The van der Waals surface area contributed by atoms with Crippen molar-refractivity contribution in [2.24, 2.45) is 5.92 Å². The van der Waals surface area contributed by atoms with Gasteiger partial charge in [0.1, 0.15) is 6.04 Å². The van der Waals surface area contributed by atoms with Crippen molar-refractivity contribution in [2.45, 2.75) is 39.8 Å². The van der Waals surface area contributed by atoms with Gasteiger partial charge in [0, 0.05) is 5.56 Å². The van der Waals surface area contributed by atoms with Crippen LogP contribution in [-0.2, 0) is 4.79 Å². The molecule has 0 aliphatic rings. The SMILES string of the molecule is COc1cc(C(=O)N[C@H](C(=O)O)C(C)C)ccc1OC(C)C. The van der Waals surface area contributed by atoms with E-state index in [2.05, 4.69) is 5.32 Å². The number of ether oxygens (including phenoxy) is 2. The molecule has 1 atom stereocenters. The Kier molecular flexibility index (Phi) is 6.22. The fourth-order valence-corrected chi connectivity index (χ4v) is 1.90. The predicted molar refractivity (Wildman–Crippen MR) is 82.5 cm³/mol. The van der Waals surface area contributed by atoms with Gasteiger partial charge < -0.3 is 19.9 Å². The number of carbonyl (C=O) groups excluding carboxylic acids is 1. The second kappa shape index (κ2) is 7.68. The molecule has 1 amide bonds. The fourth-order valence-electron chi connectivity index (χ4n) is 1.90. The number of nitrogens with one attached hydrogen (secondary N) is 1. The maximum absolute atomic E-state index is 12.2. The summed E-state index contributed by atoms with van der Waals surface area (Å²) in [6.07, 6.45) is -0.0223. The lowest BCUT2D eigenvalue weighted by molar-refractivity contribution is -0.140. The van der Waals surface area contributed by atoms with Crippen molar-refractivity contribution in [3.05, 3.63) is 23.8 Å². The molecule has 0 fully saturated rings. The zero-order valence-electron chi connectivity index (χ0n) is 13.5. The Morgan fingerprint density at radius 1 is 1.14 bits per heavy atom. The Balaban J connectivity index is 2.97. The van der Waals surface area contributed by atoms with Gasteiger partial charge in [-0.1, -0.05) is 13.8 Å². The fraction of sp³-hybridized carbons (Fsp3) is 0.500. The molecule has 22 heavy (non-hydrogen) atoms. The molecule has 0 spiro atoms. The Labute approximate surface area is 130 Å². The molecule has 0 aromatic heterocycles. The first-order valence-electron chi connectivity index (χ1n) is 7.14. The minimum atomic E-state index is -1.06. The molecule has 0 unspecified atom stereocenters. The van der Waals surface area contributed by atoms with Crippen LogP contribution in [0, 0.1) is 5.92 Å². The monoisotopic (exact) mass is 309 g/mol. The van der Waals surface area contributed by atoms with Crippen LogP contribution in [0.1, 0.15) is 38.1 Å².